The second-order valence-electron chi connectivity index (χ2n) is 13.6. The molecule has 6 rings (SSSR count). The summed E-state index contributed by atoms with van der Waals surface area (Å²) in [4.78, 5) is 26.1. The predicted molar refractivity (Wildman–Crippen MR) is 226 cm³/mol. The third-order valence-electron chi connectivity index (χ3n) is 9.94. The summed E-state index contributed by atoms with van der Waals surface area (Å²) in [5, 5.41) is 0. The van der Waals surface area contributed by atoms with E-state index in [1.807, 2.05) is 0 Å². The van der Waals surface area contributed by atoms with Crippen molar-refractivity contribution in [3.05, 3.63) is 187 Å². The van der Waals surface area contributed by atoms with Crippen LogP contribution in [0.2, 0.25) is 0 Å². The highest BCUT2D eigenvalue weighted by atomic mass is 16.5. The molecule has 0 N–H and O–H groups in total. The van der Waals surface area contributed by atoms with Crippen LogP contribution in [0.15, 0.2) is 165 Å². The van der Waals surface area contributed by atoms with Crippen LogP contribution in [0.4, 0.5) is 17.1 Å². The highest BCUT2D eigenvalue weighted by Crippen LogP contribution is 2.38. The number of esters is 2. The molecule has 0 saturated heterocycles. The van der Waals surface area contributed by atoms with Crippen molar-refractivity contribution in [2.75, 3.05) is 4.90 Å². The smallest absolute Gasteiger partial charge is 0.335 e. The highest BCUT2D eigenvalue weighted by Gasteiger charge is 2.16. The van der Waals surface area contributed by atoms with Gasteiger partial charge in [0.25, 0.3) is 0 Å². The van der Waals surface area contributed by atoms with Crippen molar-refractivity contribution in [2.24, 2.45) is 0 Å². The Morgan fingerprint density at radius 3 is 1.27 bits per heavy atom. The number of anilines is 3. The lowest BCUT2D eigenvalue weighted by molar-refractivity contribution is -0.129. The second kappa shape index (κ2) is 18.0. The van der Waals surface area contributed by atoms with Gasteiger partial charge in [-0.3, -0.25) is 0 Å². The van der Waals surface area contributed by atoms with Gasteiger partial charge in [0.2, 0.25) is 0 Å². The van der Waals surface area contributed by atoms with Gasteiger partial charge in [0.05, 0.1) is 0 Å². The Morgan fingerprint density at radius 1 is 0.545 bits per heavy atom. The Hall–Kier alpha value is -6.46. The molecule has 0 heterocycles. The van der Waals surface area contributed by atoms with Crippen molar-refractivity contribution < 1.29 is 19.1 Å². The maximum Gasteiger partial charge on any atom is 0.335 e. The molecule has 0 bridgehead atoms. The largest absolute Gasteiger partial charge is 0.423 e. The molecular formula is C50H47NO4. The Bertz CT molecular complexity index is 2100. The summed E-state index contributed by atoms with van der Waals surface area (Å²) >= 11 is 0. The van der Waals surface area contributed by atoms with E-state index in [0.29, 0.717) is 6.42 Å². The molecule has 276 valence electrons. The van der Waals surface area contributed by atoms with Gasteiger partial charge in [-0.05, 0) is 125 Å². The summed E-state index contributed by atoms with van der Waals surface area (Å²) in [6.45, 7) is 13.5. The minimum atomic E-state index is -0.587. The number of benzene rings is 6. The SMILES string of the molecule is C=CC(=O)Oc1cc(CCC(C)c2ccc(N(c3ccc(-c4ccc(CC)cc4)cc3)c3ccc(-c4ccc(CC)cc4)cc3)cc2)cc(OC(=O)C=C)c1. The van der Waals surface area contributed by atoms with Crippen molar-refractivity contribution in [2.45, 2.75) is 52.4 Å². The van der Waals surface area contributed by atoms with Gasteiger partial charge in [0, 0.05) is 35.3 Å². The van der Waals surface area contributed by atoms with Crippen LogP contribution in [-0.2, 0) is 28.9 Å². The molecular weight excluding hydrogens is 679 g/mol. The van der Waals surface area contributed by atoms with E-state index in [1.54, 1.807) is 12.1 Å². The fraction of sp³-hybridized carbons (Fsp3) is 0.160. The lowest BCUT2D eigenvalue weighted by atomic mass is 9.93. The Labute approximate surface area is 325 Å². The quantitative estimate of drug-likeness (QED) is 0.0599. The fourth-order valence-corrected chi connectivity index (χ4v) is 6.63. The summed E-state index contributed by atoms with van der Waals surface area (Å²) in [6.07, 6.45) is 5.72. The Kier molecular flexibility index (Phi) is 12.6. The average Bonchev–Trinajstić information content (AvgIpc) is 3.23. The number of carbonyl (C=O) groups is 2. The van der Waals surface area contributed by atoms with Crippen molar-refractivity contribution >= 4 is 29.0 Å². The van der Waals surface area contributed by atoms with Crippen LogP contribution in [0.3, 0.4) is 0 Å². The normalized spacial score (nSPS) is 11.3. The summed E-state index contributed by atoms with van der Waals surface area (Å²) in [6, 6.07) is 49.0. The van der Waals surface area contributed by atoms with Gasteiger partial charge >= 0.3 is 11.9 Å². The van der Waals surface area contributed by atoms with Gasteiger partial charge in [-0.25, -0.2) is 9.59 Å². The maximum absolute atomic E-state index is 11.9. The maximum atomic E-state index is 11.9. The van der Waals surface area contributed by atoms with E-state index in [1.165, 1.54) is 45.0 Å². The van der Waals surface area contributed by atoms with Crippen LogP contribution < -0.4 is 14.4 Å². The molecule has 0 radical (unpaired) electrons. The van der Waals surface area contributed by atoms with Crippen LogP contribution in [-0.4, -0.2) is 11.9 Å². The first-order chi connectivity index (χ1) is 26.8. The predicted octanol–water partition coefficient (Wildman–Crippen LogP) is 12.5. The molecule has 0 aromatic heterocycles. The summed E-state index contributed by atoms with van der Waals surface area (Å²) < 4.78 is 10.7. The number of nitrogens with zero attached hydrogens (tertiary/aromatic N) is 1. The third kappa shape index (κ3) is 9.75. The minimum Gasteiger partial charge on any atom is -0.423 e. The molecule has 0 saturated carbocycles. The van der Waals surface area contributed by atoms with Gasteiger partial charge in [0.15, 0.2) is 0 Å². The van der Waals surface area contributed by atoms with Gasteiger partial charge in [-0.2, -0.15) is 0 Å². The van der Waals surface area contributed by atoms with Crippen LogP contribution in [0.1, 0.15) is 55.4 Å². The first-order valence-corrected chi connectivity index (χ1v) is 18.9. The zero-order valence-corrected chi connectivity index (χ0v) is 31.8. The Morgan fingerprint density at radius 2 is 0.909 bits per heavy atom. The van der Waals surface area contributed by atoms with Gasteiger partial charge < -0.3 is 14.4 Å². The topological polar surface area (TPSA) is 55.8 Å². The Balaban J connectivity index is 1.25. The number of rotatable bonds is 15. The molecule has 5 heteroatoms. The molecule has 0 amide bonds. The standard InChI is InChI=1S/C50H47NO4/c1-6-36-12-16-40(17-13-36)42-22-28-45(29-23-42)51(46-30-24-43(25-31-46)41-18-14-37(7-2)15-19-41)44-26-20-39(21-27-44)35(5)10-11-38-32-47(54-49(52)8-3)34-48(33-38)55-50(53)9-4/h8-9,12-35H,3-4,6-7,10-11H2,1-2,5H3. The molecule has 6 aromatic carbocycles. The first kappa shape index (κ1) is 38.3. The van der Waals surface area contributed by atoms with Crippen LogP contribution in [0, 0.1) is 0 Å². The zero-order chi connectivity index (χ0) is 38.7. The number of hydrogen-bond acceptors (Lipinski definition) is 5. The van der Waals surface area contributed by atoms with Crippen LogP contribution in [0.5, 0.6) is 11.5 Å². The fourth-order valence-electron chi connectivity index (χ4n) is 6.63. The van der Waals surface area contributed by atoms with E-state index >= 15 is 0 Å². The molecule has 0 aliphatic heterocycles. The first-order valence-electron chi connectivity index (χ1n) is 18.9. The molecule has 0 fully saturated rings. The molecule has 6 aromatic rings. The van der Waals surface area contributed by atoms with Crippen molar-refractivity contribution in [1.29, 1.82) is 0 Å². The second-order valence-corrected chi connectivity index (χ2v) is 13.6. The summed E-state index contributed by atoms with van der Waals surface area (Å²) in [7, 11) is 0. The van der Waals surface area contributed by atoms with E-state index in [9.17, 15) is 9.59 Å². The van der Waals surface area contributed by atoms with E-state index in [0.717, 1.165) is 54.0 Å². The highest BCUT2D eigenvalue weighted by molar-refractivity contribution is 5.85. The van der Waals surface area contributed by atoms with Gasteiger partial charge in [0.1, 0.15) is 11.5 Å². The molecule has 5 nitrogen and oxygen atoms in total. The molecule has 0 spiro atoms. The molecule has 1 unspecified atom stereocenters. The number of ether oxygens (including phenoxy) is 2. The molecule has 0 aliphatic carbocycles. The lowest BCUT2D eigenvalue weighted by Crippen LogP contribution is -2.10. The number of aryl methyl sites for hydroxylation is 3. The van der Waals surface area contributed by atoms with Gasteiger partial charge in [-0.15, -0.1) is 0 Å². The average molecular weight is 726 g/mol. The monoisotopic (exact) mass is 725 g/mol. The van der Waals surface area contributed by atoms with E-state index < -0.39 is 11.9 Å². The number of carbonyl (C=O) groups excluding carboxylic acids is 2. The molecule has 1 atom stereocenters. The lowest BCUT2D eigenvalue weighted by Gasteiger charge is -2.26. The van der Waals surface area contributed by atoms with Crippen molar-refractivity contribution in [3.63, 3.8) is 0 Å². The summed E-state index contributed by atoms with van der Waals surface area (Å²) in [5.41, 5.74) is 12.7. The molecule has 0 aliphatic rings. The van der Waals surface area contributed by atoms with E-state index in [4.69, 9.17) is 9.47 Å². The summed E-state index contributed by atoms with van der Waals surface area (Å²) in [5.74, 6) is -0.378. The minimum absolute atomic E-state index is 0.220. The number of hydrogen-bond donors (Lipinski definition) is 0. The van der Waals surface area contributed by atoms with Gasteiger partial charge in [-0.1, -0.05) is 119 Å². The van der Waals surface area contributed by atoms with E-state index in [-0.39, 0.29) is 17.4 Å². The van der Waals surface area contributed by atoms with Crippen molar-refractivity contribution in [3.8, 4) is 33.8 Å². The van der Waals surface area contributed by atoms with Crippen LogP contribution in [0.25, 0.3) is 22.3 Å². The van der Waals surface area contributed by atoms with Crippen molar-refractivity contribution in [1.82, 2.24) is 0 Å². The van der Waals surface area contributed by atoms with Crippen LogP contribution >= 0.6 is 0 Å². The molecule has 55 heavy (non-hydrogen) atoms. The van der Waals surface area contributed by atoms with E-state index in [2.05, 4.69) is 160 Å². The zero-order valence-electron chi connectivity index (χ0n) is 31.8. The third-order valence-corrected chi connectivity index (χ3v) is 9.94.